The fourth-order valence-electron chi connectivity index (χ4n) is 6.88. The summed E-state index contributed by atoms with van der Waals surface area (Å²) in [5, 5.41) is 4.00. The van der Waals surface area contributed by atoms with E-state index < -0.39 is 23.3 Å². The Morgan fingerprint density at radius 1 is 0.905 bits per heavy atom. The van der Waals surface area contributed by atoms with Gasteiger partial charge in [-0.25, -0.2) is 23.1 Å². The Balaban J connectivity index is 1.38. The second kappa shape index (κ2) is 12.3. The van der Waals surface area contributed by atoms with E-state index in [0.29, 0.717) is 66.6 Å². The van der Waals surface area contributed by atoms with Gasteiger partial charge in [-0.15, -0.1) is 0 Å². The highest BCUT2D eigenvalue weighted by Crippen LogP contribution is 2.44. The van der Waals surface area contributed by atoms with Gasteiger partial charge in [-0.1, -0.05) is 37.5 Å². The second-order valence-corrected chi connectivity index (χ2v) is 12.5. The molecule has 5 aliphatic heterocycles. The van der Waals surface area contributed by atoms with Crippen molar-refractivity contribution in [2.75, 3.05) is 25.1 Å². The molecule has 6 nitrogen and oxygen atoms in total. The van der Waals surface area contributed by atoms with E-state index >= 15 is 13.2 Å². The molecule has 1 atom stereocenters. The normalized spacial score (nSPS) is 25.6. The van der Waals surface area contributed by atoms with Crippen LogP contribution in [-0.2, 0) is 10.7 Å². The van der Waals surface area contributed by atoms with E-state index in [9.17, 15) is 0 Å². The lowest BCUT2D eigenvalue weighted by atomic mass is 9.70. The third-order valence-electron chi connectivity index (χ3n) is 9.39. The van der Waals surface area contributed by atoms with Gasteiger partial charge >= 0.3 is 0 Å². The molecule has 0 spiro atoms. The number of nitrogens with one attached hydrogen (secondary N) is 1. The lowest BCUT2D eigenvalue weighted by Gasteiger charge is -2.36. The molecule has 0 unspecified atom stereocenters. The van der Waals surface area contributed by atoms with Gasteiger partial charge in [0.15, 0.2) is 5.65 Å². The van der Waals surface area contributed by atoms with Crippen LogP contribution in [0, 0.1) is 24.6 Å². The smallest absolute Gasteiger partial charge is 0.276 e. The van der Waals surface area contributed by atoms with Gasteiger partial charge in [0.1, 0.15) is 17.5 Å². The largest absolute Gasteiger partial charge is 0.477 e. The molecule has 1 aliphatic carbocycles. The quantitative estimate of drug-likeness (QED) is 0.311. The molecule has 2 aromatic heterocycles. The summed E-state index contributed by atoms with van der Waals surface area (Å²) >= 11 is 0. The van der Waals surface area contributed by atoms with E-state index in [4.69, 9.17) is 14.5 Å². The summed E-state index contributed by atoms with van der Waals surface area (Å²) in [5.74, 6) is -1.34. The number of hydrogen-bond donors (Lipinski definition) is 1. The van der Waals surface area contributed by atoms with E-state index in [-0.39, 0.29) is 17.9 Å². The van der Waals surface area contributed by atoms with Gasteiger partial charge < -0.3 is 14.8 Å². The van der Waals surface area contributed by atoms with Crippen LogP contribution in [0.3, 0.4) is 0 Å². The van der Waals surface area contributed by atoms with Gasteiger partial charge in [0.2, 0.25) is 5.88 Å². The summed E-state index contributed by atoms with van der Waals surface area (Å²) in [6.45, 7) is 5.48. The Hall–Kier alpha value is -2.94. The van der Waals surface area contributed by atoms with Crippen molar-refractivity contribution in [1.29, 1.82) is 0 Å². The SMILES string of the molecule is Cc1nc2c3cc(C4CCOCC4)c(nc3n1)OCCCCCC1CC(CCC(F)(F)c3cccc(c3F)[C@@H](C)N2)C1. The van der Waals surface area contributed by atoms with Crippen LogP contribution in [0.25, 0.3) is 11.0 Å². The molecule has 1 saturated carbocycles. The molecule has 6 aliphatic rings. The first-order valence-electron chi connectivity index (χ1n) is 15.6. The summed E-state index contributed by atoms with van der Waals surface area (Å²) in [6.07, 6.45) is 8.02. The lowest BCUT2D eigenvalue weighted by Crippen LogP contribution is -2.26. The minimum absolute atomic E-state index is 0.181. The molecule has 8 bridgehead atoms. The zero-order valence-electron chi connectivity index (χ0n) is 24.6. The molecule has 3 aromatic rings. The Kier molecular flexibility index (Phi) is 8.57. The van der Waals surface area contributed by atoms with Crippen LogP contribution in [-0.4, -0.2) is 34.8 Å². The van der Waals surface area contributed by atoms with E-state index in [1.165, 1.54) is 12.1 Å². The number of aryl methyl sites for hydroxylation is 1. The van der Waals surface area contributed by atoms with Gasteiger partial charge in [0.25, 0.3) is 5.92 Å². The van der Waals surface area contributed by atoms with Crippen molar-refractivity contribution in [1.82, 2.24) is 15.0 Å². The molecule has 9 heteroatoms. The fourth-order valence-corrected chi connectivity index (χ4v) is 6.88. The average Bonchev–Trinajstić information content (AvgIpc) is 2.94. The number of benzene rings is 1. The topological polar surface area (TPSA) is 69.2 Å². The molecular formula is C33H41F3N4O2. The summed E-state index contributed by atoms with van der Waals surface area (Å²) < 4.78 is 58.4. The summed E-state index contributed by atoms with van der Waals surface area (Å²) in [4.78, 5) is 14.1. The average molecular weight is 583 g/mol. The van der Waals surface area contributed by atoms with Gasteiger partial charge in [0.05, 0.1) is 23.6 Å². The van der Waals surface area contributed by atoms with Crippen molar-refractivity contribution >= 4 is 16.9 Å². The molecule has 226 valence electrons. The van der Waals surface area contributed by atoms with Crippen molar-refractivity contribution in [3.05, 3.63) is 52.6 Å². The van der Waals surface area contributed by atoms with Crippen molar-refractivity contribution in [3.63, 3.8) is 0 Å². The third-order valence-corrected chi connectivity index (χ3v) is 9.39. The molecule has 2 fully saturated rings. The minimum Gasteiger partial charge on any atom is -0.477 e. The summed E-state index contributed by atoms with van der Waals surface area (Å²) in [6, 6.07) is 5.74. The Bertz CT molecular complexity index is 1410. The Morgan fingerprint density at radius 3 is 2.50 bits per heavy atom. The van der Waals surface area contributed by atoms with Crippen LogP contribution in [0.15, 0.2) is 24.3 Å². The third kappa shape index (κ3) is 6.21. The zero-order valence-corrected chi connectivity index (χ0v) is 24.6. The maximum absolute atomic E-state index is 15.8. The van der Waals surface area contributed by atoms with Crippen molar-refractivity contribution in [2.24, 2.45) is 11.8 Å². The van der Waals surface area contributed by atoms with E-state index in [0.717, 1.165) is 56.9 Å². The van der Waals surface area contributed by atoms with Gasteiger partial charge in [-0.3, -0.25) is 0 Å². The van der Waals surface area contributed by atoms with Crippen molar-refractivity contribution in [3.8, 4) is 5.88 Å². The van der Waals surface area contributed by atoms with Crippen LogP contribution in [0.1, 0.15) is 106 Å². The predicted molar refractivity (Wildman–Crippen MR) is 157 cm³/mol. The van der Waals surface area contributed by atoms with E-state index in [1.54, 1.807) is 19.9 Å². The first-order chi connectivity index (χ1) is 20.3. The molecular weight excluding hydrogens is 541 g/mol. The monoisotopic (exact) mass is 582 g/mol. The molecule has 1 saturated heterocycles. The minimum atomic E-state index is -3.22. The first kappa shape index (κ1) is 29.1. The fraction of sp³-hybridized carbons (Fsp3) is 0.606. The number of hydrogen-bond acceptors (Lipinski definition) is 6. The zero-order chi connectivity index (χ0) is 29.3. The van der Waals surface area contributed by atoms with Crippen LogP contribution < -0.4 is 10.1 Å². The highest BCUT2D eigenvalue weighted by Gasteiger charge is 2.38. The molecule has 42 heavy (non-hydrogen) atoms. The molecule has 9 rings (SSSR count). The molecule has 1 N–H and O–H groups in total. The van der Waals surface area contributed by atoms with Gasteiger partial charge in [-0.05, 0) is 76.2 Å². The maximum atomic E-state index is 15.8. The van der Waals surface area contributed by atoms with E-state index in [1.807, 2.05) is 6.07 Å². The van der Waals surface area contributed by atoms with Crippen LogP contribution in [0.4, 0.5) is 19.0 Å². The predicted octanol–water partition coefficient (Wildman–Crippen LogP) is 8.39. The van der Waals surface area contributed by atoms with Crippen molar-refractivity contribution in [2.45, 2.75) is 95.9 Å². The number of rotatable bonds is 1. The Morgan fingerprint density at radius 2 is 1.69 bits per heavy atom. The first-order valence-corrected chi connectivity index (χ1v) is 15.6. The van der Waals surface area contributed by atoms with Crippen molar-refractivity contribution < 1.29 is 22.6 Å². The standard InChI is InChI=1S/C33H41F3N4O2/c1-20-25-8-6-9-28(29(25)34)33(35,36)13-10-23-17-22(18-23)7-4-3-5-14-42-32-26(24-11-15-41-16-12-24)19-27-30(37-20)38-21(2)39-31(27)40-32/h6,8-9,19-20,22-24H,3-5,7,10-18H2,1-2H3,(H,37,38,39,40)/t20-,22?,23?/m1/s1. The number of pyridine rings is 1. The Labute approximate surface area is 245 Å². The number of aromatic nitrogens is 3. The number of halogens is 3. The van der Waals surface area contributed by atoms with Crippen LogP contribution >= 0.6 is 0 Å². The molecule has 7 heterocycles. The molecule has 0 radical (unpaired) electrons. The van der Waals surface area contributed by atoms with Crippen LogP contribution in [0.5, 0.6) is 5.88 Å². The highest BCUT2D eigenvalue weighted by molar-refractivity contribution is 5.88. The van der Waals surface area contributed by atoms with E-state index in [2.05, 4.69) is 15.3 Å². The van der Waals surface area contributed by atoms with Crippen LogP contribution in [0.2, 0.25) is 0 Å². The highest BCUT2D eigenvalue weighted by atomic mass is 19.3. The lowest BCUT2D eigenvalue weighted by molar-refractivity contribution is -0.0288. The molecule has 0 amide bonds. The molecule has 1 aromatic carbocycles. The number of alkyl halides is 2. The number of nitrogens with zero attached hydrogens (tertiary/aromatic N) is 3. The van der Waals surface area contributed by atoms with Gasteiger partial charge in [0, 0.05) is 30.8 Å². The number of ether oxygens (including phenoxy) is 2. The summed E-state index contributed by atoms with van der Waals surface area (Å²) in [5.41, 5.74) is 1.15. The maximum Gasteiger partial charge on any atom is 0.276 e. The van der Waals surface area contributed by atoms with Gasteiger partial charge in [-0.2, -0.15) is 4.98 Å². The number of anilines is 1. The summed E-state index contributed by atoms with van der Waals surface area (Å²) in [7, 11) is 0. The second-order valence-electron chi connectivity index (χ2n) is 12.5.